The Kier molecular flexibility index (Phi) is 3.65. The third-order valence-corrected chi connectivity index (χ3v) is 2.40. The van der Waals surface area contributed by atoms with Gasteiger partial charge in [-0.2, -0.15) is 0 Å². The standard InChI is InChI=1S/C9H15N3O3/c1-2-12-5-6(3-8(12)14)9(15)11-4-7(10)13/h6H,2-5H2,1H3,(H2,10,13)(H,11,15). The largest absolute Gasteiger partial charge is 0.368 e. The summed E-state index contributed by atoms with van der Waals surface area (Å²) < 4.78 is 0. The molecule has 15 heavy (non-hydrogen) atoms. The minimum absolute atomic E-state index is 0.0169. The molecule has 1 unspecified atom stereocenters. The van der Waals surface area contributed by atoms with Gasteiger partial charge in [0.25, 0.3) is 0 Å². The van der Waals surface area contributed by atoms with Crippen LogP contribution in [0.3, 0.4) is 0 Å². The summed E-state index contributed by atoms with van der Waals surface area (Å²) in [7, 11) is 0. The molecule has 1 aliphatic heterocycles. The molecule has 0 aliphatic carbocycles. The highest BCUT2D eigenvalue weighted by molar-refractivity contribution is 5.91. The van der Waals surface area contributed by atoms with Crippen molar-refractivity contribution in [1.82, 2.24) is 10.2 Å². The molecular formula is C9H15N3O3. The van der Waals surface area contributed by atoms with Crippen LogP contribution in [0, 0.1) is 5.92 Å². The van der Waals surface area contributed by atoms with Gasteiger partial charge in [0.05, 0.1) is 12.5 Å². The van der Waals surface area contributed by atoms with Crippen molar-refractivity contribution in [3.8, 4) is 0 Å². The first-order chi connectivity index (χ1) is 7.04. The maximum absolute atomic E-state index is 11.5. The lowest BCUT2D eigenvalue weighted by Gasteiger charge is -2.13. The zero-order chi connectivity index (χ0) is 11.4. The van der Waals surface area contributed by atoms with E-state index >= 15 is 0 Å². The molecule has 6 heteroatoms. The van der Waals surface area contributed by atoms with Gasteiger partial charge in [0.1, 0.15) is 0 Å². The molecule has 0 aromatic heterocycles. The SMILES string of the molecule is CCN1CC(C(=O)NCC(N)=O)CC1=O. The van der Waals surface area contributed by atoms with Gasteiger partial charge in [-0.25, -0.2) is 0 Å². The average Bonchev–Trinajstić information content (AvgIpc) is 2.56. The highest BCUT2D eigenvalue weighted by Crippen LogP contribution is 2.17. The minimum atomic E-state index is -0.583. The molecule has 1 atom stereocenters. The minimum Gasteiger partial charge on any atom is -0.368 e. The van der Waals surface area contributed by atoms with E-state index in [0.29, 0.717) is 13.1 Å². The number of likely N-dealkylation sites (tertiary alicyclic amines) is 1. The summed E-state index contributed by atoms with van der Waals surface area (Å²) in [5.41, 5.74) is 4.89. The quantitative estimate of drug-likeness (QED) is 0.592. The molecule has 0 spiro atoms. The van der Waals surface area contributed by atoms with Gasteiger partial charge in [-0.15, -0.1) is 0 Å². The van der Waals surface area contributed by atoms with Crippen LogP contribution in [0.5, 0.6) is 0 Å². The molecule has 1 aliphatic rings. The Hall–Kier alpha value is -1.59. The second-order valence-corrected chi connectivity index (χ2v) is 3.52. The van der Waals surface area contributed by atoms with Gasteiger partial charge < -0.3 is 16.0 Å². The molecule has 1 fully saturated rings. The van der Waals surface area contributed by atoms with E-state index < -0.39 is 5.91 Å². The van der Waals surface area contributed by atoms with Crippen molar-refractivity contribution >= 4 is 17.7 Å². The molecule has 3 amide bonds. The van der Waals surface area contributed by atoms with Crippen LogP contribution >= 0.6 is 0 Å². The van der Waals surface area contributed by atoms with E-state index in [4.69, 9.17) is 5.73 Å². The fourth-order valence-corrected chi connectivity index (χ4v) is 1.57. The average molecular weight is 213 g/mol. The molecule has 0 saturated carbocycles. The molecule has 0 bridgehead atoms. The number of carbonyl (C=O) groups is 3. The normalized spacial score (nSPS) is 20.5. The second-order valence-electron chi connectivity index (χ2n) is 3.52. The summed E-state index contributed by atoms with van der Waals surface area (Å²) in [6.45, 7) is 2.73. The van der Waals surface area contributed by atoms with Crippen LogP contribution in [-0.4, -0.2) is 42.3 Å². The first-order valence-corrected chi connectivity index (χ1v) is 4.88. The van der Waals surface area contributed by atoms with E-state index in [1.807, 2.05) is 6.92 Å². The molecule has 0 aromatic carbocycles. The fourth-order valence-electron chi connectivity index (χ4n) is 1.57. The van der Waals surface area contributed by atoms with Crippen molar-refractivity contribution in [1.29, 1.82) is 0 Å². The van der Waals surface area contributed by atoms with E-state index in [-0.39, 0.29) is 30.7 Å². The predicted octanol–water partition coefficient (Wildman–Crippen LogP) is -1.54. The van der Waals surface area contributed by atoms with Crippen molar-refractivity contribution < 1.29 is 14.4 Å². The van der Waals surface area contributed by atoms with Crippen LogP contribution in [-0.2, 0) is 14.4 Å². The molecular weight excluding hydrogens is 198 g/mol. The third-order valence-electron chi connectivity index (χ3n) is 2.40. The summed E-state index contributed by atoms with van der Waals surface area (Å²) in [5, 5.41) is 2.40. The Morgan fingerprint density at radius 2 is 2.27 bits per heavy atom. The highest BCUT2D eigenvalue weighted by atomic mass is 16.2. The number of rotatable bonds is 4. The van der Waals surface area contributed by atoms with Crippen LogP contribution in [0.25, 0.3) is 0 Å². The van der Waals surface area contributed by atoms with Crippen molar-refractivity contribution in [3.63, 3.8) is 0 Å². The molecule has 3 N–H and O–H groups in total. The van der Waals surface area contributed by atoms with Gasteiger partial charge in [-0.1, -0.05) is 0 Å². The Labute approximate surface area is 87.8 Å². The number of primary amides is 1. The zero-order valence-corrected chi connectivity index (χ0v) is 8.66. The highest BCUT2D eigenvalue weighted by Gasteiger charge is 2.33. The third kappa shape index (κ3) is 2.93. The smallest absolute Gasteiger partial charge is 0.236 e. The molecule has 1 saturated heterocycles. The molecule has 84 valence electrons. The molecule has 0 radical (unpaired) electrons. The number of hydrogen-bond donors (Lipinski definition) is 2. The van der Waals surface area contributed by atoms with Gasteiger partial charge in [-0.3, -0.25) is 14.4 Å². The van der Waals surface area contributed by atoms with Crippen molar-refractivity contribution in [2.45, 2.75) is 13.3 Å². The van der Waals surface area contributed by atoms with Crippen molar-refractivity contribution in [3.05, 3.63) is 0 Å². The molecule has 6 nitrogen and oxygen atoms in total. The van der Waals surface area contributed by atoms with Crippen molar-refractivity contribution in [2.24, 2.45) is 11.7 Å². The number of nitrogens with two attached hydrogens (primary N) is 1. The maximum atomic E-state index is 11.5. The molecule has 1 heterocycles. The zero-order valence-electron chi connectivity index (χ0n) is 8.66. The monoisotopic (exact) mass is 213 g/mol. The summed E-state index contributed by atoms with van der Waals surface area (Å²) in [4.78, 5) is 34.8. The first kappa shape index (κ1) is 11.5. The van der Waals surface area contributed by atoms with Gasteiger partial charge >= 0.3 is 0 Å². The van der Waals surface area contributed by atoms with Crippen LogP contribution in [0.15, 0.2) is 0 Å². The Bertz CT molecular complexity index is 290. The lowest BCUT2D eigenvalue weighted by Crippen LogP contribution is -2.38. The maximum Gasteiger partial charge on any atom is 0.236 e. The van der Waals surface area contributed by atoms with E-state index in [1.54, 1.807) is 4.90 Å². The van der Waals surface area contributed by atoms with Crippen LogP contribution in [0.2, 0.25) is 0 Å². The second kappa shape index (κ2) is 4.77. The number of nitrogens with one attached hydrogen (secondary N) is 1. The number of nitrogens with zero attached hydrogens (tertiary/aromatic N) is 1. The van der Waals surface area contributed by atoms with Gasteiger partial charge in [0.2, 0.25) is 17.7 Å². The first-order valence-electron chi connectivity index (χ1n) is 4.88. The van der Waals surface area contributed by atoms with Gasteiger partial charge in [0.15, 0.2) is 0 Å². The van der Waals surface area contributed by atoms with E-state index in [9.17, 15) is 14.4 Å². The van der Waals surface area contributed by atoms with Crippen LogP contribution in [0.4, 0.5) is 0 Å². The molecule has 0 aromatic rings. The van der Waals surface area contributed by atoms with Gasteiger partial charge in [-0.05, 0) is 6.92 Å². The number of amides is 3. The lowest BCUT2D eigenvalue weighted by molar-refractivity contribution is -0.129. The number of carbonyl (C=O) groups excluding carboxylic acids is 3. The fraction of sp³-hybridized carbons (Fsp3) is 0.667. The van der Waals surface area contributed by atoms with Crippen molar-refractivity contribution in [2.75, 3.05) is 19.6 Å². The Morgan fingerprint density at radius 3 is 2.73 bits per heavy atom. The van der Waals surface area contributed by atoms with E-state index in [1.165, 1.54) is 0 Å². The van der Waals surface area contributed by atoms with E-state index in [2.05, 4.69) is 5.32 Å². The Morgan fingerprint density at radius 1 is 1.60 bits per heavy atom. The summed E-state index contributed by atoms with van der Waals surface area (Å²) in [6, 6.07) is 0. The topological polar surface area (TPSA) is 92.5 Å². The summed E-state index contributed by atoms with van der Waals surface area (Å²) in [5.74, 6) is -1.23. The molecule has 1 rings (SSSR count). The summed E-state index contributed by atoms with van der Waals surface area (Å²) in [6.07, 6.45) is 0.221. The summed E-state index contributed by atoms with van der Waals surface area (Å²) >= 11 is 0. The van der Waals surface area contributed by atoms with Gasteiger partial charge in [0, 0.05) is 19.5 Å². The lowest BCUT2D eigenvalue weighted by atomic mass is 10.1. The Balaban J connectivity index is 2.42. The van der Waals surface area contributed by atoms with E-state index in [0.717, 1.165) is 0 Å². The van der Waals surface area contributed by atoms with Crippen LogP contribution < -0.4 is 11.1 Å². The number of hydrogen-bond acceptors (Lipinski definition) is 3. The predicted molar refractivity (Wildman–Crippen MR) is 52.6 cm³/mol. The van der Waals surface area contributed by atoms with Crippen LogP contribution in [0.1, 0.15) is 13.3 Å².